The highest BCUT2D eigenvalue weighted by Gasteiger charge is 2.22. The van der Waals surface area contributed by atoms with E-state index in [1.54, 1.807) is 10.9 Å². The fourth-order valence-corrected chi connectivity index (χ4v) is 2.79. The number of nitrogens with zero attached hydrogens (tertiary/aromatic N) is 2. The van der Waals surface area contributed by atoms with Crippen LogP contribution in [0.4, 0.5) is 0 Å². The smallest absolute Gasteiger partial charge is 0.213 e. The molecule has 0 aliphatic carbocycles. The van der Waals surface area contributed by atoms with Gasteiger partial charge in [0.05, 0.1) is 10.7 Å². The molecule has 0 saturated carbocycles. The number of aromatic nitrogens is 2. The first-order valence-corrected chi connectivity index (χ1v) is 7.55. The standard InChI is InChI=1S/C14H14Br2N2O/c1-8(2)18-13(11(15)7-17-18)14(19)10-6-4-5-9(3)12(10)16/h4-8H,1-3H3. The number of ketones is 1. The summed E-state index contributed by atoms with van der Waals surface area (Å²) in [5, 5.41) is 4.25. The van der Waals surface area contributed by atoms with Gasteiger partial charge in [0.1, 0.15) is 5.69 Å². The van der Waals surface area contributed by atoms with Crippen molar-refractivity contribution in [3.05, 3.63) is 50.2 Å². The number of hydrogen-bond donors (Lipinski definition) is 0. The number of halogens is 2. The molecule has 1 aromatic carbocycles. The summed E-state index contributed by atoms with van der Waals surface area (Å²) in [6.07, 6.45) is 1.66. The second-order valence-corrected chi connectivity index (χ2v) is 6.29. The van der Waals surface area contributed by atoms with Gasteiger partial charge in [-0.25, -0.2) is 0 Å². The van der Waals surface area contributed by atoms with E-state index < -0.39 is 0 Å². The van der Waals surface area contributed by atoms with Gasteiger partial charge < -0.3 is 0 Å². The predicted molar refractivity (Wildman–Crippen MR) is 82.6 cm³/mol. The van der Waals surface area contributed by atoms with Crippen LogP contribution >= 0.6 is 31.9 Å². The van der Waals surface area contributed by atoms with Gasteiger partial charge in [-0.15, -0.1) is 0 Å². The van der Waals surface area contributed by atoms with E-state index in [0.717, 1.165) is 14.5 Å². The zero-order valence-corrected chi connectivity index (χ0v) is 14.1. The third kappa shape index (κ3) is 2.67. The van der Waals surface area contributed by atoms with E-state index in [-0.39, 0.29) is 11.8 Å². The van der Waals surface area contributed by atoms with Crippen molar-refractivity contribution < 1.29 is 4.79 Å². The Morgan fingerprint density at radius 3 is 2.63 bits per heavy atom. The average molecular weight is 386 g/mol. The van der Waals surface area contributed by atoms with Crippen LogP contribution in [0.1, 0.15) is 41.5 Å². The Labute approximate surface area is 129 Å². The van der Waals surface area contributed by atoms with Crippen LogP contribution in [0.2, 0.25) is 0 Å². The normalized spacial score (nSPS) is 11.1. The number of rotatable bonds is 3. The van der Waals surface area contributed by atoms with E-state index in [2.05, 4.69) is 37.0 Å². The van der Waals surface area contributed by atoms with E-state index in [9.17, 15) is 4.79 Å². The molecule has 0 aliphatic heterocycles. The van der Waals surface area contributed by atoms with Gasteiger partial charge in [-0.3, -0.25) is 9.48 Å². The van der Waals surface area contributed by atoms with Crippen molar-refractivity contribution in [2.75, 3.05) is 0 Å². The number of aryl methyl sites for hydroxylation is 1. The van der Waals surface area contributed by atoms with Crippen molar-refractivity contribution >= 4 is 37.6 Å². The van der Waals surface area contributed by atoms with Crippen LogP contribution in [0.3, 0.4) is 0 Å². The predicted octanol–water partition coefficient (Wildman–Crippen LogP) is 4.53. The van der Waals surface area contributed by atoms with Gasteiger partial charge >= 0.3 is 0 Å². The monoisotopic (exact) mass is 384 g/mol. The molecule has 0 bridgehead atoms. The Morgan fingerprint density at radius 1 is 1.32 bits per heavy atom. The fourth-order valence-electron chi connectivity index (χ4n) is 1.90. The molecule has 0 unspecified atom stereocenters. The lowest BCUT2D eigenvalue weighted by Crippen LogP contribution is -2.14. The minimum absolute atomic E-state index is 0.0337. The molecular formula is C14H14Br2N2O. The third-order valence-corrected chi connectivity index (χ3v) is 4.52. The van der Waals surface area contributed by atoms with Gasteiger partial charge in [0, 0.05) is 16.1 Å². The summed E-state index contributed by atoms with van der Waals surface area (Å²) in [6, 6.07) is 5.81. The molecule has 0 amide bonds. The Kier molecular flexibility index (Phi) is 4.26. The number of benzene rings is 1. The van der Waals surface area contributed by atoms with Crippen LogP contribution in [0.15, 0.2) is 33.3 Å². The molecule has 2 aromatic rings. The summed E-state index contributed by atoms with van der Waals surface area (Å²) in [4.78, 5) is 12.7. The summed E-state index contributed by atoms with van der Waals surface area (Å²) in [7, 11) is 0. The maximum atomic E-state index is 12.7. The molecule has 0 fully saturated rings. The van der Waals surface area contributed by atoms with E-state index in [1.807, 2.05) is 39.0 Å². The second kappa shape index (κ2) is 5.59. The average Bonchev–Trinajstić information content (AvgIpc) is 2.74. The topological polar surface area (TPSA) is 34.9 Å². The summed E-state index contributed by atoms with van der Waals surface area (Å²) < 4.78 is 3.30. The van der Waals surface area contributed by atoms with Crippen molar-refractivity contribution in [1.82, 2.24) is 9.78 Å². The fraction of sp³-hybridized carbons (Fsp3) is 0.286. The number of carbonyl (C=O) groups excluding carboxylic acids is 1. The zero-order chi connectivity index (χ0) is 14.2. The summed E-state index contributed by atoms with van der Waals surface area (Å²) in [6.45, 7) is 5.97. The molecule has 1 aromatic heterocycles. The molecule has 19 heavy (non-hydrogen) atoms. The molecule has 0 radical (unpaired) electrons. The molecular weight excluding hydrogens is 372 g/mol. The molecule has 0 aliphatic rings. The van der Waals surface area contributed by atoms with Gasteiger partial charge in [-0.2, -0.15) is 5.10 Å². The lowest BCUT2D eigenvalue weighted by atomic mass is 10.1. The summed E-state index contributed by atoms with van der Waals surface area (Å²) in [5.74, 6) is -0.0337. The second-order valence-electron chi connectivity index (χ2n) is 4.65. The zero-order valence-electron chi connectivity index (χ0n) is 10.9. The molecule has 0 N–H and O–H groups in total. The van der Waals surface area contributed by atoms with Crippen LogP contribution in [0.25, 0.3) is 0 Å². The first-order chi connectivity index (χ1) is 8.93. The molecule has 0 atom stereocenters. The molecule has 0 spiro atoms. The van der Waals surface area contributed by atoms with Crippen molar-refractivity contribution in [2.45, 2.75) is 26.8 Å². The Balaban J connectivity index is 2.56. The first-order valence-electron chi connectivity index (χ1n) is 5.96. The van der Waals surface area contributed by atoms with Gasteiger partial charge in [0.25, 0.3) is 0 Å². The quantitative estimate of drug-likeness (QED) is 0.727. The van der Waals surface area contributed by atoms with Crippen molar-refractivity contribution in [2.24, 2.45) is 0 Å². The van der Waals surface area contributed by atoms with E-state index in [4.69, 9.17) is 0 Å². The van der Waals surface area contributed by atoms with E-state index >= 15 is 0 Å². The lowest BCUT2D eigenvalue weighted by Gasteiger charge is -2.12. The van der Waals surface area contributed by atoms with Crippen molar-refractivity contribution in [3.63, 3.8) is 0 Å². The molecule has 100 valence electrons. The van der Waals surface area contributed by atoms with Crippen molar-refractivity contribution in [3.8, 4) is 0 Å². The van der Waals surface area contributed by atoms with Gasteiger partial charge in [-0.05, 0) is 64.3 Å². The highest BCUT2D eigenvalue weighted by Crippen LogP contribution is 2.27. The van der Waals surface area contributed by atoms with Crippen LogP contribution in [-0.2, 0) is 0 Å². The largest absolute Gasteiger partial charge is 0.287 e. The molecule has 2 rings (SSSR count). The maximum Gasteiger partial charge on any atom is 0.213 e. The Bertz CT molecular complexity index is 632. The Hall–Kier alpha value is -0.940. The van der Waals surface area contributed by atoms with Gasteiger partial charge in [0.2, 0.25) is 5.78 Å². The number of hydrogen-bond acceptors (Lipinski definition) is 2. The highest BCUT2D eigenvalue weighted by molar-refractivity contribution is 9.11. The lowest BCUT2D eigenvalue weighted by molar-refractivity contribution is 0.102. The maximum absolute atomic E-state index is 12.7. The van der Waals surface area contributed by atoms with Gasteiger partial charge in [-0.1, -0.05) is 12.1 Å². The Morgan fingerprint density at radius 2 is 2.00 bits per heavy atom. The van der Waals surface area contributed by atoms with Crippen LogP contribution in [-0.4, -0.2) is 15.6 Å². The molecule has 0 saturated heterocycles. The third-order valence-electron chi connectivity index (χ3n) is 2.89. The summed E-state index contributed by atoms with van der Waals surface area (Å²) >= 11 is 6.89. The van der Waals surface area contributed by atoms with Crippen LogP contribution in [0.5, 0.6) is 0 Å². The van der Waals surface area contributed by atoms with E-state index in [0.29, 0.717) is 11.3 Å². The van der Waals surface area contributed by atoms with E-state index in [1.165, 1.54) is 0 Å². The molecule has 1 heterocycles. The molecule has 5 heteroatoms. The van der Waals surface area contributed by atoms with Crippen LogP contribution in [0, 0.1) is 6.92 Å². The van der Waals surface area contributed by atoms with Crippen LogP contribution < -0.4 is 0 Å². The summed E-state index contributed by atoms with van der Waals surface area (Å²) in [5.41, 5.74) is 2.28. The van der Waals surface area contributed by atoms with Gasteiger partial charge in [0.15, 0.2) is 0 Å². The minimum Gasteiger partial charge on any atom is -0.287 e. The minimum atomic E-state index is -0.0337. The number of carbonyl (C=O) groups is 1. The SMILES string of the molecule is Cc1cccc(C(=O)c2c(Br)cnn2C(C)C)c1Br. The first kappa shape index (κ1) is 14.5. The van der Waals surface area contributed by atoms with Crippen molar-refractivity contribution in [1.29, 1.82) is 0 Å². The highest BCUT2D eigenvalue weighted by atomic mass is 79.9. The molecule has 3 nitrogen and oxygen atoms in total.